The molecule has 3 heterocycles. The van der Waals surface area contributed by atoms with Gasteiger partial charge in [-0.05, 0) is 67.2 Å². The Bertz CT molecular complexity index is 1380. The number of fused-ring (bicyclic) bond motifs is 1. The van der Waals surface area contributed by atoms with Crippen LogP contribution in [0.5, 0.6) is 0 Å². The molecule has 0 N–H and O–H groups in total. The van der Waals surface area contributed by atoms with Crippen LogP contribution in [0.2, 0.25) is 10.0 Å². The molecule has 196 valence electrons. The molecule has 2 fully saturated rings. The van der Waals surface area contributed by atoms with Crippen LogP contribution >= 0.6 is 23.2 Å². The van der Waals surface area contributed by atoms with Crippen molar-refractivity contribution in [2.75, 3.05) is 26.3 Å². The number of imidazole rings is 1. The van der Waals surface area contributed by atoms with Gasteiger partial charge in [0.1, 0.15) is 5.82 Å². The van der Waals surface area contributed by atoms with E-state index in [0.717, 1.165) is 26.1 Å². The third-order valence-corrected chi connectivity index (χ3v) is 8.61. The smallest absolute Gasteiger partial charge is 0.291 e. The summed E-state index contributed by atoms with van der Waals surface area (Å²) in [5.74, 6) is -1.44. The van der Waals surface area contributed by atoms with E-state index in [9.17, 15) is 13.6 Å². The number of amides is 1. The average Bonchev–Trinajstić information content (AvgIpc) is 3.16. The summed E-state index contributed by atoms with van der Waals surface area (Å²) in [6.45, 7) is 8.04. The molecule has 3 aromatic rings. The monoisotopic (exact) mass is 547 g/mol. The Balaban J connectivity index is 1.42. The number of benzene rings is 2. The van der Waals surface area contributed by atoms with Gasteiger partial charge in [-0.3, -0.25) is 4.79 Å². The number of alkyl halides is 2. The van der Waals surface area contributed by atoms with Crippen molar-refractivity contribution in [2.24, 2.45) is 18.9 Å². The van der Waals surface area contributed by atoms with Crippen LogP contribution < -0.4 is 0 Å². The second kappa shape index (κ2) is 10.0. The van der Waals surface area contributed by atoms with Gasteiger partial charge in [-0.1, -0.05) is 29.8 Å². The van der Waals surface area contributed by atoms with Crippen LogP contribution in [0.4, 0.5) is 8.78 Å². The molecule has 2 saturated heterocycles. The number of aryl methyl sites for hydroxylation is 2. The Morgan fingerprint density at radius 3 is 2.54 bits per heavy atom. The van der Waals surface area contributed by atoms with Crippen molar-refractivity contribution in [3.05, 3.63) is 75.0 Å². The molecule has 5 rings (SSSR count). The SMILES string of the molecule is C=CC(F)(F)c1cc(C)c2nc(Cc3c(Cl)ccc(C(=O)N4CCC(C5COC5)CC4)c3Cl)n(C)c2c1. The van der Waals surface area contributed by atoms with Gasteiger partial charge in [-0.25, -0.2) is 4.98 Å². The minimum absolute atomic E-state index is 0.108. The van der Waals surface area contributed by atoms with E-state index >= 15 is 0 Å². The lowest BCUT2D eigenvalue weighted by Gasteiger charge is -2.39. The van der Waals surface area contributed by atoms with Gasteiger partial charge in [-0.15, -0.1) is 0 Å². The Hall–Kier alpha value is -2.48. The first-order valence-electron chi connectivity index (χ1n) is 12.4. The zero-order chi connectivity index (χ0) is 26.5. The van der Waals surface area contributed by atoms with E-state index in [2.05, 4.69) is 6.58 Å². The molecule has 1 amide bonds. The lowest BCUT2D eigenvalue weighted by molar-refractivity contribution is -0.0707. The number of hydrogen-bond acceptors (Lipinski definition) is 3. The zero-order valence-corrected chi connectivity index (χ0v) is 22.4. The number of ether oxygens (including phenoxy) is 1. The van der Waals surface area contributed by atoms with E-state index in [0.29, 0.717) is 74.6 Å². The van der Waals surface area contributed by atoms with Crippen LogP contribution in [0.1, 0.15) is 45.7 Å². The Morgan fingerprint density at radius 1 is 1.22 bits per heavy atom. The summed E-state index contributed by atoms with van der Waals surface area (Å²) < 4.78 is 35.7. The molecule has 0 unspecified atom stereocenters. The first-order valence-corrected chi connectivity index (χ1v) is 13.2. The predicted molar refractivity (Wildman–Crippen MR) is 142 cm³/mol. The Kier molecular flexibility index (Phi) is 7.07. The summed E-state index contributed by atoms with van der Waals surface area (Å²) in [6, 6.07) is 6.22. The number of hydrogen-bond donors (Lipinski definition) is 0. The maximum Gasteiger partial charge on any atom is 0.291 e. The van der Waals surface area contributed by atoms with E-state index in [4.69, 9.17) is 32.9 Å². The van der Waals surface area contributed by atoms with Gasteiger partial charge in [0.25, 0.3) is 11.8 Å². The van der Waals surface area contributed by atoms with E-state index in [1.54, 1.807) is 30.7 Å². The molecule has 0 aliphatic carbocycles. The molecule has 0 spiro atoms. The molecule has 0 bridgehead atoms. The highest BCUT2D eigenvalue weighted by Gasteiger charge is 2.33. The van der Waals surface area contributed by atoms with Gasteiger partial charge in [0.15, 0.2) is 0 Å². The lowest BCUT2D eigenvalue weighted by atomic mass is 9.83. The summed E-state index contributed by atoms with van der Waals surface area (Å²) in [7, 11) is 1.77. The molecule has 2 aromatic carbocycles. The van der Waals surface area contributed by atoms with Crippen LogP contribution in [-0.4, -0.2) is 46.7 Å². The van der Waals surface area contributed by atoms with Crippen molar-refractivity contribution in [1.29, 1.82) is 0 Å². The number of piperidine rings is 1. The molecule has 2 aliphatic rings. The zero-order valence-electron chi connectivity index (χ0n) is 20.9. The second-order valence-corrected chi connectivity index (χ2v) is 10.9. The molecule has 5 nitrogen and oxygen atoms in total. The van der Waals surface area contributed by atoms with Gasteiger partial charge >= 0.3 is 0 Å². The predicted octanol–water partition coefficient (Wildman–Crippen LogP) is 6.56. The van der Waals surface area contributed by atoms with Crippen molar-refractivity contribution in [2.45, 2.75) is 32.1 Å². The lowest BCUT2D eigenvalue weighted by Crippen LogP contribution is -2.44. The summed E-state index contributed by atoms with van der Waals surface area (Å²) in [5.41, 5.74) is 2.69. The fourth-order valence-electron chi connectivity index (χ4n) is 5.33. The van der Waals surface area contributed by atoms with Gasteiger partial charge in [0, 0.05) is 43.1 Å². The Labute approximate surface area is 225 Å². The first-order chi connectivity index (χ1) is 17.6. The summed E-state index contributed by atoms with van der Waals surface area (Å²) in [4.78, 5) is 19.9. The van der Waals surface area contributed by atoms with Crippen molar-refractivity contribution in [3.8, 4) is 0 Å². The minimum Gasteiger partial charge on any atom is -0.381 e. The largest absolute Gasteiger partial charge is 0.381 e. The first kappa shape index (κ1) is 26.1. The van der Waals surface area contributed by atoms with Crippen LogP contribution in [0.25, 0.3) is 11.0 Å². The van der Waals surface area contributed by atoms with E-state index < -0.39 is 5.92 Å². The number of likely N-dealkylation sites (tertiary alicyclic amines) is 1. The van der Waals surface area contributed by atoms with Crippen LogP contribution in [0.15, 0.2) is 36.9 Å². The molecule has 37 heavy (non-hydrogen) atoms. The summed E-state index contributed by atoms with van der Waals surface area (Å²) in [5, 5.41) is 0.725. The number of carbonyl (C=O) groups is 1. The number of halogens is 4. The molecule has 1 aromatic heterocycles. The minimum atomic E-state index is -3.15. The highest BCUT2D eigenvalue weighted by atomic mass is 35.5. The normalized spacial score (nSPS) is 17.3. The standard InChI is InChI=1S/C28H29Cl2F2N3O2/c1-4-28(31,32)19-11-16(2)26-23(12-19)34(3)24(33-26)13-21-22(29)6-5-20(25(21)30)27(36)35-9-7-17(8-10-35)18-14-37-15-18/h4-6,11-12,17-18H,1,7-10,13-15H2,2-3H3. The van der Waals surface area contributed by atoms with Gasteiger partial charge < -0.3 is 14.2 Å². The number of rotatable bonds is 6. The maximum atomic E-state index is 14.3. The van der Waals surface area contributed by atoms with E-state index in [-0.39, 0.29) is 17.9 Å². The van der Waals surface area contributed by atoms with Crippen molar-refractivity contribution < 1.29 is 18.3 Å². The molecule has 2 aliphatic heterocycles. The molecular weight excluding hydrogens is 519 g/mol. The maximum absolute atomic E-state index is 14.3. The summed E-state index contributed by atoms with van der Waals surface area (Å²) >= 11 is 13.3. The quantitative estimate of drug-likeness (QED) is 0.328. The van der Waals surface area contributed by atoms with Gasteiger partial charge in [0.2, 0.25) is 0 Å². The van der Waals surface area contributed by atoms with Crippen molar-refractivity contribution in [1.82, 2.24) is 14.5 Å². The number of nitrogens with zero attached hydrogens (tertiary/aromatic N) is 3. The fraction of sp³-hybridized carbons (Fsp3) is 0.429. The number of carbonyl (C=O) groups excluding carboxylic acids is 1. The number of aromatic nitrogens is 2. The molecule has 0 radical (unpaired) electrons. The highest BCUT2D eigenvalue weighted by molar-refractivity contribution is 6.38. The van der Waals surface area contributed by atoms with Crippen LogP contribution in [-0.2, 0) is 24.1 Å². The molecule has 0 atom stereocenters. The van der Waals surface area contributed by atoms with Crippen LogP contribution in [0, 0.1) is 18.8 Å². The summed E-state index contributed by atoms with van der Waals surface area (Å²) in [6.07, 6.45) is 2.81. The molecular formula is C28H29Cl2F2N3O2. The average molecular weight is 548 g/mol. The Morgan fingerprint density at radius 2 is 1.92 bits per heavy atom. The van der Waals surface area contributed by atoms with Gasteiger partial charge in [-0.2, -0.15) is 8.78 Å². The molecule has 0 saturated carbocycles. The molecule has 9 heteroatoms. The van der Waals surface area contributed by atoms with E-state index in [1.807, 2.05) is 4.90 Å². The van der Waals surface area contributed by atoms with Gasteiger partial charge in [0.05, 0.1) is 34.8 Å². The van der Waals surface area contributed by atoms with Crippen molar-refractivity contribution >= 4 is 40.1 Å². The number of allylic oxidation sites excluding steroid dienone is 1. The third-order valence-electron chi connectivity index (χ3n) is 7.82. The van der Waals surface area contributed by atoms with Crippen molar-refractivity contribution in [3.63, 3.8) is 0 Å². The topological polar surface area (TPSA) is 47.4 Å². The van der Waals surface area contributed by atoms with E-state index in [1.165, 1.54) is 12.1 Å². The highest BCUT2D eigenvalue weighted by Crippen LogP contribution is 2.36. The fourth-order valence-corrected chi connectivity index (χ4v) is 5.91. The third kappa shape index (κ3) is 4.77. The second-order valence-electron chi connectivity index (χ2n) is 10.1. The van der Waals surface area contributed by atoms with Crippen LogP contribution in [0.3, 0.4) is 0 Å².